The first-order valence-electron chi connectivity index (χ1n) is 12.4. The minimum atomic E-state index is -0.782. The molecule has 0 aromatic heterocycles. The second-order valence-corrected chi connectivity index (χ2v) is 10.6. The monoisotopic (exact) mass is 632 g/mol. The number of aliphatic hydroxyl groups is 1. The lowest BCUT2D eigenvalue weighted by Crippen LogP contribution is -2.14. The predicted molar refractivity (Wildman–Crippen MR) is 161 cm³/mol. The predicted octanol–water partition coefficient (Wildman–Crippen LogP) is 6.92. The summed E-state index contributed by atoms with van der Waals surface area (Å²) in [6.07, 6.45) is 1.64. The minimum Gasteiger partial charge on any atom is -0.506 e. The summed E-state index contributed by atoms with van der Waals surface area (Å²) in [5.41, 5.74) is 2.81. The van der Waals surface area contributed by atoms with E-state index in [1.165, 1.54) is 7.11 Å². The maximum Gasteiger partial charge on any atom is 0.344 e. The van der Waals surface area contributed by atoms with E-state index in [0.717, 1.165) is 22.9 Å². The number of thioether (sulfide) groups is 1. The number of halogens is 1. The molecule has 1 N–H and O–H groups in total. The lowest BCUT2D eigenvalue weighted by Gasteiger charge is -2.14. The number of hydrogen-bond donors (Lipinski definition) is 1. The van der Waals surface area contributed by atoms with Gasteiger partial charge in [0, 0.05) is 15.6 Å². The van der Waals surface area contributed by atoms with Gasteiger partial charge in [-0.05, 0) is 55.3 Å². The topological polar surface area (TPSA) is 118 Å². The Bertz CT molecular complexity index is 1650. The zero-order valence-electron chi connectivity index (χ0n) is 22.4. The number of nitrogens with zero attached hydrogens (tertiary/aromatic N) is 2. The average molecular weight is 634 g/mol. The van der Waals surface area contributed by atoms with Crippen LogP contribution in [0.4, 0.5) is 0 Å². The molecular formula is C31H25BrN2O6S. The Morgan fingerprint density at radius 1 is 1.12 bits per heavy atom. The van der Waals surface area contributed by atoms with E-state index in [1.807, 2.05) is 18.2 Å². The standard InChI is InChI=1S/C31H25BrN2O6S/c1-4-39-31(37)27-28(35)26(41-30(27)34-29(36)22-12-8-5-9-18(22)2)14-21-13-24(38-3)25(15-23(21)32)40-17-20-11-7-6-10-19(20)16-33/h5-15,35H,4,17H2,1-3H3/b26-14-,34-30?. The zero-order valence-corrected chi connectivity index (χ0v) is 24.8. The number of aliphatic hydroxyl groups excluding tert-OH is 1. The Morgan fingerprint density at radius 2 is 1.85 bits per heavy atom. The Balaban J connectivity index is 1.68. The van der Waals surface area contributed by atoms with Crippen LogP contribution in [0.2, 0.25) is 0 Å². The highest BCUT2D eigenvalue weighted by Gasteiger charge is 2.34. The third-order valence-corrected chi connectivity index (χ3v) is 7.75. The van der Waals surface area contributed by atoms with Gasteiger partial charge in [-0.25, -0.2) is 9.79 Å². The molecule has 0 unspecified atom stereocenters. The number of hydrogen-bond acceptors (Lipinski definition) is 8. The number of rotatable bonds is 8. The fourth-order valence-corrected chi connectivity index (χ4v) is 5.38. The molecule has 1 aliphatic rings. The van der Waals surface area contributed by atoms with Gasteiger partial charge in [-0.2, -0.15) is 5.26 Å². The Kier molecular flexibility index (Phi) is 9.65. The van der Waals surface area contributed by atoms with Crippen molar-refractivity contribution in [1.29, 1.82) is 5.26 Å². The fraction of sp³-hybridized carbons (Fsp3) is 0.161. The van der Waals surface area contributed by atoms with Crippen molar-refractivity contribution in [3.05, 3.63) is 109 Å². The van der Waals surface area contributed by atoms with Gasteiger partial charge in [0.15, 0.2) is 11.5 Å². The highest BCUT2D eigenvalue weighted by Crippen LogP contribution is 2.42. The van der Waals surface area contributed by atoms with Gasteiger partial charge >= 0.3 is 5.97 Å². The van der Waals surface area contributed by atoms with E-state index in [2.05, 4.69) is 27.0 Å². The van der Waals surface area contributed by atoms with Crippen LogP contribution >= 0.6 is 27.7 Å². The average Bonchev–Trinajstić information content (AvgIpc) is 3.27. The molecule has 0 spiro atoms. The molecule has 208 valence electrons. The molecule has 0 saturated heterocycles. The molecule has 1 heterocycles. The number of nitriles is 1. The third-order valence-electron chi connectivity index (χ3n) is 6.04. The number of ether oxygens (including phenoxy) is 3. The summed E-state index contributed by atoms with van der Waals surface area (Å²) in [6, 6.07) is 19.7. The Labute approximate surface area is 250 Å². The van der Waals surface area contributed by atoms with Crippen molar-refractivity contribution in [3.63, 3.8) is 0 Å². The summed E-state index contributed by atoms with van der Waals surface area (Å²) in [6.45, 7) is 3.68. The van der Waals surface area contributed by atoms with Gasteiger partial charge in [-0.15, -0.1) is 0 Å². The number of carbonyl (C=O) groups excluding carboxylic acids is 2. The number of aryl methyl sites for hydroxylation is 1. The molecule has 41 heavy (non-hydrogen) atoms. The van der Waals surface area contributed by atoms with Gasteiger partial charge in [0.2, 0.25) is 0 Å². The van der Waals surface area contributed by atoms with E-state index in [9.17, 15) is 20.0 Å². The van der Waals surface area contributed by atoms with Crippen LogP contribution in [0.1, 0.15) is 39.5 Å². The van der Waals surface area contributed by atoms with Crippen LogP contribution in [0.15, 0.2) is 86.4 Å². The fourth-order valence-electron chi connectivity index (χ4n) is 3.94. The molecule has 8 nitrogen and oxygen atoms in total. The molecule has 4 rings (SSSR count). The molecule has 1 amide bonds. The third kappa shape index (κ3) is 6.70. The number of carbonyl (C=O) groups is 2. The Hall–Kier alpha value is -4.33. The van der Waals surface area contributed by atoms with Crippen LogP contribution < -0.4 is 9.47 Å². The van der Waals surface area contributed by atoms with Gasteiger partial charge < -0.3 is 19.3 Å². The van der Waals surface area contributed by atoms with Crippen molar-refractivity contribution in [3.8, 4) is 17.6 Å². The van der Waals surface area contributed by atoms with Gasteiger partial charge in [-0.1, -0.05) is 64.1 Å². The van der Waals surface area contributed by atoms with Gasteiger partial charge in [0.05, 0.1) is 30.3 Å². The van der Waals surface area contributed by atoms with Gasteiger partial charge in [0.1, 0.15) is 23.0 Å². The lowest BCUT2D eigenvalue weighted by molar-refractivity contribution is -0.138. The van der Waals surface area contributed by atoms with Gasteiger partial charge in [-0.3, -0.25) is 4.79 Å². The normalized spacial score (nSPS) is 14.7. The summed E-state index contributed by atoms with van der Waals surface area (Å²) in [5.74, 6) is -0.815. The minimum absolute atomic E-state index is 0.0413. The van der Waals surface area contributed by atoms with E-state index < -0.39 is 11.9 Å². The molecule has 3 aromatic carbocycles. The number of amides is 1. The van der Waals surface area contributed by atoms with Crippen LogP contribution in [0, 0.1) is 18.3 Å². The summed E-state index contributed by atoms with van der Waals surface area (Å²) in [7, 11) is 1.50. The Morgan fingerprint density at radius 3 is 2.56 bits per heavy atom. The maximum atomic E-state index is 13.0. The van der Waals surface area contributed by atoms with Crippen molar-refractivity contribution >= 4 is 50.7 Å². The van der Waals surface area contributed by atoms with Crippen molar-refractivity contribution in [2.45, 2.75) is 20.5 Å². The molecule has 0 aliphatic carbocycles. The van der Waals surface area contributed by atoms with Crippen molar-refractivity contribution in [1.82, 2.24) is 0 Å². The van der Waals surface area contributed by atoms with E-state index in [1.54, 1.807) is 62.4 Å². The van der Waals surface area contributed by atoms with E-state index >= 15 is 0 Å². The van der Waals surface area contributed by atoms with Crippen LogP contribution in [-0.4, -0.2) is 35.7 Å². The molecule has 0 atom stereocenters. The summed E-state index contributed by atoms with van der Waals surface area (Å²) in [5, 5.41) is 20.4. The summed E-state index contributed by atoms with van der Waals surface area (Å²) >= 11 is 4.52. The van der Waals surface area contributed by atoms with Crippen LogP contribution in [0.5, 0.6) is 11.5 Å². The first-order valence-corrected chi connectivity index (χ1v) is 14.1. The molecule has 10 heteroatoms. The van der Waals surface area contributed by atoms with E-state index in [4.69, 9.17) is 14.2 Å². The molecular weight excluding hydrogens is 608 g/mol. The van der Waals surface area contributed by atoms with Gasteiger partial charge in [0.25, 0.3) is 5.91 Å². The van der Waals surface area contributed by atoms with Crippen molar-refractivity contribution in [2.24, 2.45) is 4.99 Å². The number of benzene rings is 3. The molecule has 0 saturated carbocycles. The molecule has 1 aliphatic heterocycles. The highest BCUT2D eigenvalue weighted by molar-refractivity contribution is 9.10. The highest BCUT2D eigenvalue weighted by atomic mass is 79.9. The summed E-state index contributed by atoms with van der Waals surface area (Å²) in [4.78, 5) is 30.2. The quantitative estimate of drug-likeness (QED) is 0.266. The van der Waals surface area contributed by atoms with Crippen molar-refractivity contribution < 1.29 is 28.9 Å². The van der Waals surface area contributed by atoms with E-state index in [-0.39, 0.29) is 29.6 Å². The first kappa shape index (κ1) is 29.6. The summed E-state index contributed by atoms with van der Waals surface area (Å²) < 4.78 is 17.3. The van der Waals surface area contributed by atoms with Crippen LogP contribution in [0.25, 0.3) is 6.08 Å². The second-order valence-electron chi connectivity index (χ2n) is 8.67. The van der Waals surface area contributed by atoms with Crippen LogP contribution in [-0.2, 0) is 16.1 Å². The maximum absolute atomic E-state index is 13.0. The number of esters is 1. The van der Waals surface area contributed by atoms with Crippen molar-refractivity contribution in [2.75, 3.05) is 13.7 Å². The second kappa shape index (κ2) is 13.4. The lowest BCUT2D eigenvalue weighted by atomic mass is 10.1. The first-order chi connectivity index (χ1) is 19.8. The SMILES string of the molecule is CCOC(=O)C1=C(O)/C(=C/c2cc(OC)c(OCc3ccccc3C#N)cc2Br)SC1=NC(=O)c1ccccc1C. The molecule has 0 radical (unpaired) electrons. The molecule has 3 aromatic rings. The largest absolute Gasteiger partial charge is 0.506 e. The molecule has 0 bridgehead atoms. The number of methoxy groups -OCH3 is 1. The molecule has 0 fully saturated rings. The van der Waals surface area contributed by atoms with Crippen LogP contribution in [0.3, 0.4) is 0 Å². The zero-order chi connectivity index (χ0) is 29.5. The smallest absolute Gasteiger partial charge is 0.344 e. The van der Waals surface area contributed by atoms with E-state index in [0.29, 0.717) is 37.6 Å². The number of aliphatic imine (C=N–C) groups is 1.